The molecule has 0 spiro atoms. The number of benzene rings is 3. The second kappa shape index (κ2) is 14.2. The molecule has 0 unspecified atom stereocenters. The molecule has 0 heterocycles. The van der Waals surface area contributed by atoms with E-state index in [0.29, 0.717) is 18.0 Å². The maximum atomic E-state index is 13.0. The van der Waals surface area contributed by atoms with Gasteiger partial charge in [-0.3, -0.25) is 14.3 Å². The molecule has 0 atom stereocenters. The lowest BCUT2D eigenvalue weighted by molar-refractivity contribution is -0.120. The number of hydrogen-bond acceptors (Lipinski definition) is 6. The van der Waals surface area contributed by atoms with Crippen molar-refractivity contribution < 1.29 is 22.7 Å². The van der Waals surface area contributed by atoms with Gasteiger partial charge in [0, 0.05) is 12.1 Å². The van der Waals surface area contributed by atoms with Crippen molar-refractivity contribution in [2.75, 3.05) is 37.4 Å². The van der Waals surface area contributed by atoms with E-state index in [0.717, 1.165) is 26.1 Å². The molecule has 38 heavy (non-hydrogen) atoms. The van der Waals surface area contributed by atoms with E-state index in [-0.39, 0.29) is 28.6 Å². The van der Waals surface area contributed by atoms with Gasteiger partial charge in [-0.15, -0.1) is 0 Å². The number of ether oxygens (including phenoxy) is 1. The first-order chi connectivity index (χ1) is 18.3. The number of nitrogens with one attached hydrogen (secondary N) is 3. The molecule has 0 bridgehead atoms. The number of carbonyl (C=O) groups excluding carboxylic acids is 2. The van der Waals surface area contributed by atoms with Crippen LogP contribution in [-0.4, -0.2) is 57.9 Å². The lowest BCUT2D eigenvalue weighted by Crippen LogP contribution is -2.38. The number of nitrogens with zero attached hydrogens (tertiary/aromatic N) is 1. The zero-order valence-electron chi connectivity index (χ0n) is 21.6. The Balaban J connectivity index is 1.54. The van der Waals surface area contributed by atoms with E-state index in [1.165, 1.54) is 24.3 Å². The predicted molar refractivity (Wildman–Crippen MR) is 148 cm³/mol. The molecule has 3 rings (SSSR count). The fraction of sp³-hybridized carbons (Fsp3) is 0.286. The van der Waals surface area contributed by atoms with Gasteiger partial charge in [-0.2, -0.15) is 0 Å². The summed E-state index contributed by atoms with van der Waals surface area (Å²) in [4.78, 5) is 26.7. The van der Waals surface area contributed by atoms with Crippen LogP contribution in [0.2, 0.25) is 0 Å². The van der Waals surface area contributed by atoms with Gasteiger partial charge >= 0.3 is 0 Å². The maximum absolute atomic E-state index is 13.0. The standard InChI is InChI=1S/C28H34N4O5S/c1-3-32(4-2)20-10-19-29-27(33)21-30-28(34)22-15-17-24(18-16-22)38(35,36)31-25-13-8-9-14-26(25)37-23-11-6-5-7-12-23/h5-9,11-18,31H,3-4,10,19-21H2,1-2H3,(H,29,33)(H,30,34). The summed E-state index contributed by atoms with van der Waals surface area (Å²) in [5.74, 6) is 0.173. The molecule has 0 fully saturated rings. The molecule has 9 nitrogen and oxygen atoms in total. The minimum Gasteiger partial charge on any atom is -0.455 e. The van der Waals surface area contributed by atoms with E-state index in [1.54, 1.807) is 36.4 Å². The molecule has 0 aromatic heterocycles. The summed E-state index contributed by atoms with van der Waals surface area (Å²) in [6.07, 6.45) is 0.828. The monoisotopic (exact) mass is 538 g/mol. The van der Waals surface area contributed by atoms with Crippen LogP contribution in [0, 0.1) is 0 Å². The highest BCUT2D eigenvalue weighted by molar-refractivity contribution is 7.92. The first-order valence-corrected chi connectivity index (χ1v) is 14.0. The maximum Gasteiger partial charge on any atom is 0.262 e. The topological polar surface area (TPSA) is 117 Å². The Labute approximate surface area is 224 Å². The smallest absolute Gasteiger partial charge is 0.262 e. The van der Waals surface area contributed by atoms with Gasteiger partial charge in [0.25, 0.3) is 15.9 Å². The van der Waals surface area contributed by atoms with Gasteiger partial charge in [0.1, 0.15) is 5.75 Å². The molecule has 0 aliphatic rings. The third-order valence-electron chi connectivity index (χ3n) is 5.81. The van der Waals surface area contributed by atoms with Crippen LogP contribution in [0.5, 0.6) is 11.5 Å². The molecule has 0 saturated carbocycles. The van der Waals surface area contributed by atoms with Crippen molar-refractivity contribution in [1.82, 2.24) is 15.5 Å². The Morgan fingerprint density at radius 2 is 1.50 bits per heavy atom. The van der Waals surface area contributed by atoms with Gasteiger partial charge in [0.2, 0.25) is 5.91 Å². The first kappa shape index (κ1) is 28.7. The van der Waals surface area contributed by atoms with Crippen LogP contribution in [0.25, 0.3) is 0 Å². The average molecular weight is 539 g/mol. The number of hydrogen-bond donors (Lipinski definition) is 3. The predicted octanol–water partition coefficient (Wildman–Crippen LogP) is 3.86. The van der Waals surface area contributed by atoms with E-state index < -0.39 is 15.9 Å². The number of para-hydroxylation sites is 3. The second-order valence-corrected chi connectivity index (χ2v) is 10.1. The van der Waals surface area contributed by atoms with Crippen LogP contribution in [-0.2, 0) is 14.8 Å². The van der Waals surface area contributed by atoms with Crippen molar-refractivity contribution in [3.63, 3.8) is 0 Å². The highest BCUT2D eigenvalue weighted by Gasteiger charge is 2.18. The van der Waals surface area contributed by atoms with Crippen molar-refractivity contribution in [3.05, 3.63) is 84.4 Å². The van der Waals surface area contributed by atoms with Crippen LogP contribution in [0.3, 0.4) is 0 Å². The van der Waals surface area contributed by atoms with Crippen molar-refractivity contribution in [3.8, 4) is 11.5 Å². The summed E-state index contributed by atoms with van der Waals surface area (Å²) < 4.78 is 34.3. The summed E-state index contributed by atoms with van der Waals surface area (Å²) in [5.41, 5.74) is 0.521. The Morgan fingerprint density at radius 3 is 2.18 bits per heavy atom. The molecule has 0 saturated heterocycles. The molecule has 202 valence electrons. The summed E-state index contributed by atoms with van der Waals surface area (Å²) >= 11 is 0. The van der Waals surface area contributed by atoms with E-state index in [9.17, 15) is 18.0 Å². The van der Waals surface area contributed by atoms with Gasteiger partial charge in [0.15, 0.2) is 5.75 Å². The third kappa shape index (κ3) is 8.60. The van der Waals surface area contributed by atoms with Crippen LogP contribution in [0.1, 0.15) is 30.6 Å². The SMILES string of the molecule is CCN(CC)CCCNC(=O)CNC(=O)c1ccc(S(=O)(=O)Nc2ccccc2Oc2ccccc2)cc1. The molecule has 3 N–H and O–H groups in total. The quantitative estimate of drug-likeness (QED) is 0.269. The van der Waals surface area contributed by atoms with Crippen LogP contribution in [0.4, 0.5) is 5.69 Å². The van der Waals surface area contributed by atoms with Crippen molar-refractivity contribution in [2.45, 2.75) is 25.2 Å². The van der Waals surface area contributed by atoms with Crippen molar-refractivity contribution in [1.29, 1.82) is 0 Å². The Morgan fingerprint density at radius 1 is 0.842 bits per heavy atom. The van der Waals surface area contributed by atoms with E-state index >= 15 is 0 Å². The Hall–Kier alpha value is -3.89. The fourth-order valence-corrected chi connectivity index (χ4v) is 4.71. The van der Waals surface area contributed by atoms with E-state index in [2.05, 4.69) is 34.1 Å². The number of carbonyl (C=O) groups is 2. The van der Waals surface area contributed by atoms with E-state index in [1.807, 2.05) is 18.2 Å². The lowest BCUT2D eigenvalue weighted by Gasteiger charge is -2.17. The molecule has 3 aromatic rings. The molecule has 0 radical (unpaired) electrons. The summed E-state index contributed by atoms with van der Waals surface area (Å²) in [5, 5.41) is 5.34. The Bertz CT molecular complexity index is 1290. The third-order valence-corrected chi connectivity index (χ3v) is 7.19. The fourth-order valence-electron chi connectivity index (χ4n) is 3.64. The zero-order chi connectivity index (χ0) is 27.4. The largest absolute Gasteiger partial charge is 0.455 e. The normalized spacial score (nSPS) is 11.1. The van der Waals surface area contributed by atoms with Gasteiger partial charge in [-0.05, 0) is 74.6 Å². The second-order valence-electron chi connectivity index (χ2n) is 8.45. The molecule has 0 aliphatic heterocycles. The lowest BCUT2D eigenvalue weighted by atomic mass is 10.2. The highest BCUT2D eigenvalue weighted by Crippen LogP contribution is 2.30. The Kier molecular flexibility index (Phi) is 10.7. The molecule has 2 amide bonds. The molecule has 0 aliphatic carbocycles. The van der Waals surface area contributed by atoms with E-state index in [4.69, 9.17) is 4.74 Å². The van der Waals surface area contributed by atoms with Gasteiger partial charge in [0.05, 0.1) is 17.1 Å². The van der Waals surface area contributed by atoms with Crippen LogP contribution in [0.15, 0.2) is 83.8 Å². The summed E-state index contributed by atoms with van der Waals surface area (Å²) in [6.45, 7) is 7.39. The van der Waals surface area contributed by atoms with Crippen LogP contribution >= 0.6 is 0 Å². The number of amides is 2. The first-order valence-electron chi connectivity index (χ1n) is 12.5. The number of anilines is 1. The molecular weight excluding hydrogens is 504 g/mol. The molecular formula is C28H34N4O5S. The van der Waals surface area contributed by atoms with Crippen LogP contribution < -0.4 is 20.1 Å². The number of rotatable bonds is 14. The van der Waals surface area contributed by atoms with Gasteiger partial charge < -0.3 is 20.3 Å². The van der Waals surface area contributed by atoms with Crippen molar-refractivity contribution in [2.24, 2.45) is 0 Å². The minimum atomic E-state index is -3.95. The average Bonchev–Trinajstić information content (AvgIpc) is 2.93. The zero-order valence-corrected chi connectivity index (χ0v) is 22.5. The molecule has 10 heteroatoms. The van der Waals surface area contributed by atoms with Gasteiger partial charge in [-0.1, -0.05) is 44.2 Å². The number of sulfonamides is 1. The summed E-state index contributed by atoms with van der Waals surface area (Å²) in [7, 11) is -3.95. The highest BCUT2D eigenvalue weighted by atomic mass is 32.2. The molecule has 3 aromatic carbocycles. The minimum absolute atomic E-state index is 0.0190. The van der Waals surface area contributed by atoms with Crippen molar-refractivity contribution >= 4 is 27.5 Å². The van der Waals surface area contributed by atoms with Gasteiger partial charge in [-0.25, -0.2) is 8.42 Å². The summed E-state index contributed by atoms with van der Waals surface area (Å²) in [6, 6.07) is 21.2.